The maximum absolute atomic E-state index is 4.45. The lowest BCUT2D eigenvalue weighted by Crippen LogP contribution is -2.00. The van der Waals surface area contributed by atoms with Crippen LogP contribution in [0.2, 0.25) is 0 Å². The Kier molecular flexibility index (Phi) is 4.00. The van der Waals surface area contributed by atoms with Crippen molar-refractivity contribution in [2.45, 2.75) is 26.8 Å². The fourth-order valence-corrected chi connectivity index (χ4v) is 2.80. The monoisotopic (exact) mass is 394 g/mol. The summed E-state index contributed by atoms with van der Waals surface area (Å²) in [5.74, 6) is 0.609. The van der Waals surface area contributed by atoms with Gasteiger partial charge in [-0.25, -0.2) is 4.68 Å². The van der Waals surface area contributed by atoms with Crippen molar-refractivity contribution in [2.75, 3.05) is 0 Å². The molecule has 0 aliphatic heterocycles. The van der Waals surface area contributed by atoms with Crippen LogP contribution in [0, 0.1) is 3.70 Å². The summed E-state index contributed by atoms with van der Waals surface area (Å²) in [6.45, 7) is 4.83. The topological polar surface area (TPSA) is 61.4 Å². The second kappa shape index (κ2) is 5.92. The van der Waals surface area contributed by atoms with E-state index >= 15 is 0 Å². The Hall–Kier alpha value is -1.77. The summed E-state index contributed by atoms with van der Waals surface area (Å²) < 4.78 is 2.87. The van der Waals surface area contributed by atoms with Gasteiger partial charge in [0.25, 0.3) is 0 Å². The van der Waals surface area contributed by atoms with Crippen molar-refractivity contribution in [1.82, 2.24) is 30.0 Å². The molecule has 21 heavy (non-hydrogen) atoms. The molecular weight excluding hydrogens is 379 g/mol. The molecule has 0 saturated heterocycles. The van der Waals surface area contributed by atoms with E-state index in [9.17, 15) is 0 Å². The molecule has 0 aliphatic rings. The van der Waals surface area contributed by atoms with Gasteiger partial charge in [-0.05, 0) is 58.8 Å². The van der Waals surface area contributed by atoms with Crippen molar-refractivity contribution in [3.8, 4) is 17.1 Å². The molecular formula is C14H15IN6. The molecule has 0 unspecified atom stereocenters. The van der Waals surface area contributed by atoms with E-state index < -0.39 is 0 Å². The Labute approximate surface area is 136 Å². The van der Waals surface area contributed by atoms with Crippen molar-refractivity contribution in [2.24, 2.45) is 0 Å². The lowest BCUT2D eigenvalue weighted by molar-refractivity contribution is 0.552. The summed E-state index contributed by atoms with van der Waals surface area (Å²) in [7, 11) is 0. The quantitative estimate of drug-likeness (QED) is 0.639. The number of tetrazole rings is 1. The van der Waals surface area contributed by atoms with Gasteiger partial charge in [-0.3, -0.25) is 0 Å². The summed E-state index contributed by atoms with van der Waals surface area (Å²) in [6, 6.07) is 8.40. The van der Waals surface area contributed by atoms with Gasteiger partial charge in [0, 0.05) is 0 Å². The van der Waals surface area contributed by atoms with Crippen molar-refractivity contribution < 1.29 is 0 Å². The molecule has 2 heterocycles. The first-order chi connectivity index (χ1) is 10.2. The maximum atomic E-state index is 4.45. The standard InChI is InChI=1S/C14H15IN6/c1-3-10-5-7-11(8-6-10)21-13(15)12(9-16-21)14-17-19-20(4-2)18-14/h5-9H,3-4H2,1-2H3. The Morgan fingerprint density at radius 2 is 1.90 bits per heavy atom. The van der Waals surface area contributed by atoms with Crippen LogP contribution in [0.4, 0.5) is 0 Å². The molecule has 0 bridgehead atoms. The minimum Gasteiger partial charge on any atom is -0.227 e. The third-order valence-electron chi connectivity index (χ3n) is 3.28. The molecule has 108 valence electrons. The zero-order valence-electron chi connectivity index (χ0n) is 11.9. The number of aryl methyl sites for hydroxylation is 2. The molecule has 0 amide bonds. The smallest absolute Gasteiger partial charge is 0.209 e. The number of hydrogen-bond donors (Lipinski definition) is 0. The van der Waals surface area contributed by atoms with E-state index in [0.717, 1.165) is 21.4 Å². The highest BCUT2D eigenvalue weighted by Gasteiger charge is 2.15. The van der Waals surface area contributed by atoms with E-state index in [2.05, 4.69) is 74.3 Å². The lowest BCUT2D eigenvalue weighted by atomic mass is 10.1. The minimum atomic E-state index is 0.609. The fraction of sp³-hybridized carbons (Fsp3) is 0.286. The molecule has 1 aromatic carbocycles. The third-order valence-corrected chi connectivity index (χ3v) is 4.31. The van der Waals surface area contributed by atoms with E-state index in [0.29, 0.717) is 12.4 Å². The summed E-state index contributed by atoms with van der Waals surface area (Å²) in [5, 5.41) is 16.8. The predicted octanol–water partition coefficient (Wildman–Crippen LogP) is 2.71. The van der Waals surface area contributed by atoms with E-state index in [1.807, 2.05) is 11.6 Å². The van der Waals surface area contributed by atoms with Crippen molar-refractivity contribution in [3.63, 3.8) is 0 Å². The Morgan fingerprint density at radius 1 is 1.14 bits per heavy atom. The molecule has 2 aromatic heterocycles. The van der Waals surface area contributed by atoms with Gasteiger partial charge in [0.2, 0.25) is 5.82 Å². The second-order valence-corrected chi connectivity index (χ2v) is 5.60. The van der Waals surface area contributed by atoms with Crippen LogP contribution in [0.25, 0.3) is 17.1 Å². The minimum absolute atomic E-state index is 0.609. The van der Waals surface area contributed by atoms with Crippen LogP contribution in [0.1, 0.15) is 19.4 Å². The largest absolute Gasteiger partial charge is 0.227 e. The average molecular weight is 394 g/mol. The zero-order valence-corrected chi connectivity index (χ0v) is 14.0. The number of rotatable bonds is 4. The molecule has 3 rings (SSSR count). The van der Waals surface area contributed by atoms with Crippen LogP contribution in [-0.2, 0) is 13.0 Å². The van der Waals surface area contributed by atoms with Crippen molar-refractivity contribution in [3.05, 3.63) is 39.7 Å². The van der Waals surface area contributed by atoms with Gasteiger partial charge in [0.05, 0.1) is 24.0 Å². The number of hydrogen-bond acceptors (Lipinski definition) is 4. The zero-order chi connectivity index (χ0) is 14.8. The first-order valence-corrected chi connectivity index (χ1v) is 7.91. The van der Waals surface area contributed by atoms with E-state index in [4.69, 9.17) is 0 Å². The molecule has 7 heteroatoms. The number of benzene rings is 1. The van der Waals surface area contributed by atoms with Gasteiger partial charge in [-0.1, -0.05) is 19.1 Å². The maximum Gasteiger partial charge on any atom is 0.209 e. The highest BCUT2D eigenvalue weighted by Crippen LogP contribution is 2.24. The molecule has 0 aliphatic carbocycles. The lowest BCUT2D eigenvalue weighted by Gasteiger charge is -2.04. The highest BCUT2D eigenvalue weighted by atomic mass is 127. The van der Waals surface area contributed by atoms with E-state index in [1.54, 1.807) is 11.0 Å². The number of aromatic nitrogens is 6. The van der Waals surface area contributed by atoms with Crippen LogP contribution in [-0.4, -0.2) is 30.0 Å². The summed E-state index contributed by atoms with van der Waals surface area (Å²) >= 11 is 2.27. The van der Waals surface area contributed by atoms with Gasteiger partial charge in [0.1, 0.15) is 3.70 Å². The van der Waals surface area contributed by atoms with Crippen LogP contribution in [0.5, 0.6) is 0 Å². The number of halogens is 1. The van der Waals surface area contributed by atoms with Crippen LogP contribution in [0.3, 0.4) is 0 Å². The molecule has 3 aromatic rings. The summed E-state index contributed by atoms with van der Waals surface area (Å²) in [5.41, 5.74) is 3.24. The van der Waals surface area contributed by atoms with Gasteiger partial charge in [0.15, 0.2) is 0 Å². The van der Waals surface area contributed by atoms with Crippen LogP contribution >= 0.6 is 22.6 Å². The first kappa shape index (κ1) is 14.2. The molecule has 6 nitrogen and oxygen atoms in total. The Morgan fingerprint density at radius 3 is 2.52 bits per heavy atom. The van der Waals surface area contributed by atoms with Gasteiger partial charge < -0.3 is 0 Å². The van der Waals surface area contributed by atoms with E-state index in [1.165, 1.54) is 5.56 Å². The van der Waals surface area contributed by atoms with Gasteiger partial charge in [-0.15, -0.1) is 10.2 Å². The van der Waals surface area contributed by atoms with Crippen LogP contribution < -0.4 is 0 Å². The predicted molar refractivity (Wildman–Crippen MR) is 88.1 cm³/mol. The normalized spacial score (nSPS) is 11.0. The molecule has 0 spiro atoms. The fourth-order valence-electron chi connectivity index (χ4n) is 2.02. The second-order valence-electron chi connectivity index (χ2n) is 4.58. The van der Waals surface area contributed by atoms with Crippen molar-refractivity contribution >= 4 is 22.6 Å². The molecule has 0 saturated carbocycles. The van der Waals surface area contributed by atoms with E-state index in [-0.39, 0.29) is 0 Å². The summed E-state index contributed by atoms with van der Waals surface area (Å²) in [6.07, 6.45) is 2.82. The summed E-state index contributed by atoms with van der Waals surface area (Å²) in [4.78, 5) is 1.57. The molecule has 0 radical (unpaired) electrons. The van der Waals surface area contributed by atoms with Crippen LogP contribution in [0.15, 0.2) is 30.5 Å². The SMILES string of the molecule is CCc1ccc(-n2ncc(-c3nnn(CC)n3)c2I)cc1. The van der Waals surface area contributed by atoms with Crippen molar-refractivity contribution in [1.29, 1.82) is 0 Å². The Bertz CT molecular complexity index is 743. The van der Waals surface area contributed by atoms with Gasteiger partial charge >= 0.3 is 0 Å². The molecule has 0 fully saturated rings. The highest BCUT2D eigenvalue weighted by molar-refractivity contribution is 14.1. The number of nitrogens with zero attached hydrogens (tertiary/aromatic N) is 6. The Balaban J connectivity index is 1.97. The molecule has 0 atom stereocenters. The molecule has 0 N–H and O–H groups in total. The first-order valence-electron chi connectivity index (χ1n) is 6.84. The van der Waals surface area contributed by atoms with Gasteiger partial charge in [-0.2, -0.15) is 9.90 Å². The average Bonchev–Trinajstić information content (AvgIpc) is 3.13. The third kappa shape index (κ3) is 2.69.